The number of carbonyl (C=O) groups excluding carboxylic acids is 2. The number of halogens is 2. The molecule has 2 aromatic rings. The van der Waals surface area contributed by atoms with Gasteiger partial charge in [-0.05, 0) is 30.3 Å². The van der Waals surface area contributed by atoms with Crippen LogP contribution in [0.4, 0.5) is 25.0 Å². The quantitative estimate of drug-likeness (QED) is 0.699. The lowest BCUT2D eigenvalue weighted by Gasteiger charge is -2.08. The van der Waals surface area contributed by atoms with Crippen molar-refractivity contribution in [2.45, 2.75) is 6.61 Å². The van der Waals surface area contributed by atoms with E-state index in [1.165, 1.54) is 24.3 Å². The summed E-state index contributed by atoms with van der Waals surface area (Å²) in [5.74, 6) is -0.516. The SMILES string of the molecule is NC(=O)Nc1cccc(NC(=O)/C=C/c2ccccc2OC(F)F)c1. The molecule has 130 valence electrons. The number of primary amides is 1. The Morgan fingerprint density at radius 2 is 1.72 bits per heavy atom. The Morgan fingerprint density at radius 1 is 1.04 bits per heavy atom. The Morgan fingerprint density at radius 3 is 2.40 bits per heavy atom. The van der Waals surface area contributed by atoms with Crippen LogP contribution in [-0.4, -0.2) is 18.5 Å². The molecule has 0 bridgehead atoms. The number of amides is 3. The van der Waals surface area contributed by atoms with Gasteiger partial charge >= 0.3 is 12.6 Å². The fourth-order valence-electron chi connectivity index (χ4n) is 1.99. The number of anilines is 2. The summed E-state index contributed by atoms with van der Waals surface area (Å²) in [4.78, 5) is 22.8. The van der Waals surface area contributed by atoms with E-state index >= 15 is 0 Å². The van der Waals surface area contributed by atoms with Gasteiger partial charge in [0.15, 0.2) is 0 Å². The molecule has 0 atom stereocenters. The molecular weight excluding hydrogens is 332 g/mol. The maximum absolute atomic E-state index is 12.4. The molecule has 4 N–H and O–H groups in total. The molecule has 25 heavy (non-hydrogen) atoms. The van der Waals surface area contributed by atoms with E-state index in [1.807, 2.05) is 0 Å². The number of urea groups is 1. The van der Waals surface area contributed by atoms with Gasteiger partial charge in [0, 0.05) is 23.0 Å². The summed E-state index contributed by atoms with van der Waals surface area (Å²) in [7, 11) is 0. The molecule has 3 amide bonds. The number of nitrogens with one attached hydrogen (secondary N) is 2. The van der Waals surface area contributed by atoms with Crippen LogP contribution in [0.3, 0.4) is 0 Å². The van der Waals surface area contributed by atoms with Crippen molar-refractivity contribution in [3.8, 4) is 5.75 Å². The zero-order valence-corrected chi connectivity index (χ0v) is 12.9. The van der Waals surface area contributed by atoms with Crippen molar-refractivity contribution in [1.82, 2.24) is 0 Å². The first-order chi connectivity index (χ1) is 11.9. The normalized spacial score (nSPS) is 10.7. The van der Waals surface area contributed by atoms with Crippen LogP contribution in [0.2, 0.25) is 0 Å². The number of hydrogen-bond acceptors (Lipinski definition) is 3. The molecule has 0 heterocycles. The Hall–Kier alpha value is -3.42. The molecule has 2 aromatic carbocycles. The van der Waals surface area contributed by atoms with Gasteiger partial charge in [0.2, 0.25) is 5.91 Å². The first-order valence-corrected chi connectivity index (χ1v) is 7.13. The van der Waals surface area contributed by atoms with E-state index in [9.17, 15) is 18.4 Å². The minimum atomic E-state index is -2.95. The Balaban J connectivity index is 2.05. The van der Waals surface area contributed by atoms with Gasteiger partial charge in [-0.1, -0.05) is 24.3 Å². The Bertz CT molecular complexity index is 794. The van der Waals surface area contributed by atoms with Crippen LogP contribution < -0.4 is 21.1 Å². The topological polar surface area (TPSA) is 93.5 Å². The second kappa shape index (κ2) is 8.44. The summed E-state index contributed by atoms with van der Waals surface area (Å²) in [6, 6.07) is 11.7. The maximum atomic E-state index is 12.4. The largest absolute Gasteiger partial charge is 0.434 e. The summed E-state index contributed by atoms with van der Waals surface area (Å²) >= 11 is 0. The molecule has 0 aliphatic heterocycles. The predicted octanol–water partition coefficient (Wildman–Crippen LogP) is 3.43. The predicted molar refractivity (Wildman–Crippen MR) is 90.4 cm³/mol. The van der Waals surface area contributed by atoms with Gasteiger partial charge < -0.3 is 21.1 Å². The van der Waals surface area contributed by atoms with Crippen molar-refractivity contribution < 1.29 is 23.1 Å². The zero-order chi connectivity index (χ0) is 18.2. The monoisotopic (exact) mass is 347 g/mol. The highest BCUT2D eigenvalue weighted by Crippen LogP contribution is 2.21. The van der Waals surface area contributed by atoms with Crippen LogP contribution in [0.1, 0.15) is 5.56 Å². The van der Waals surface area contributed by atoms with Crippen LogP contribution >= 0.6 is 0 Å². The lowest BCUT2D eigenvalue weighted by molar-refractivity contribution is -0.111. The third-order valence-corrected chi connectivity index (χ3v) is 2.95. The second-order valence-electron chi connectivity index (χ2n) is 4.81. The molecule has 2 rings (SSSR count). The van der Waals surface area contributed by atoms with Gasteiger partial charge in [0.25, 0.3) is 0 Å². The molecule has 0 saturated heterocycles. The molecule has 0 radical (unpaired) electrons. The molecular formula is C17H15F2N3O3. The maximum Gasteiger partial charge on any atom is 0.387 e. The van der Waals surface area contributed by atoms with Gasteiger partial charge in [-0.2, -0.15) is 8.78 Å². The van der Waals surface area contributed by atoms with Crippen LogP contribution in [0, 0.1) is 0 Å². The van der Waals surface area contributed by atoms with Gasteiger partial charge in [0.1, 0.15) is 5.75 Å². The molecule has 0 aliphatic rings. The summed E-state index contributed by atoms with van der Waals surface area (Å²) < 4.78 is 29.1. The number of rotatable bonds is 6. The first kappa shape index (κ1) is 17.9. The van der Waals surface area contributed by atoms with Crippen LogP contribution in [0.5, 0.6) is 5.75 Å². The first-order valence-electron chi connectivity index (χ1n) is 7.13. The van der Waals surface area contributed by atoms with E-state index < -0.39 is 18.5 Å². The number of nitrogens with two attached hydrogens (primary N) is 1. The van der Waals surface area contributed by atoms with Crippen molar-refractivity contribution in [3.63, 3.8) is 0 Å². The molecule has 8 heteroatoms. The molecule has 0 fully saturated rings. The van der Waals surface area contributed by atoms with Crippen molar-refractivity contribution in [2.75, 3.05) is 10.6 Å². The van der Waals surface area contributed by atoms with Crippen molar-refractivity contribution in [1.29, 1.82) is 0 Å². The number of alkyl halides is 2. The van der Waals surface area contributed by atoms with E-state index in [2.05, 4.69) is 15.4 Å². The summed E-state index contributed by atoms with van der Waals surface area (Å²) in [6.07, 6.45) is 2.54. The summed E-state index contributed by atoms with van der Waals surface area (Å²) in [5, 5.41) is 4.96. The third-order valence-electron chi connectivity index (χ3n) is 2.95. The molecule has 0 unspecified atom stereocenters. The van der Waals surface area contributed by atoms with E-state index in [0.29, 0.717) is 16.9 Å². The average molecular weight is 347 g/mol. The number of ether oxygens (including phenoxy) is 1. The highest BCUT2D eigenvalue weighted by atomic mass is 19.3. The fraction of sp³-hybridized carbons (Fsp3) is 0.0588. The molecule has 6 nitrogen and oxygen atoms in total. The van der Waals surface area contributed by atoms with Crippen molar-refractivity contribution >= 4 is 29.4 Å². The van der Waals surface area contributed by atoms with E-state index in [0.717, 1.165) is 0 Å². The van der Waals surface area contributed by atoms with Crippen LogP contribution in [-0.2, 0) is 4.79 Å². The van der Waals surface area contributed by atoms with Crippen LogP contribution in [0.25, 0.3) is 6.08 Å². The van der Waals surface area contributed by atoms with E-state index in [1.54, 1.807) is 36.4 Å². The van der Waals surface area contributed by atoms with Gasteiger partial charge in [-0.15, -0.1) is 0 Å². The lowest BCUT2D eigenvalue weighted by atomic mass is 10.2. The van der Waals surface area contributed by atoms with E-state index in [-0.39, 0.29) is 5.75 Å². The number of para-hydroxylation sites is 1. The Kier molecular flexibility index (Phi) is 6.05. The molecule has 0 aliphatic carbocycles. The van der Waals surface area contributed by atoms with Gasteiger partial charge in [-0.25, -0.2) is 4.79 Å². The van der Waals surface area contributed by atoms with Crippen molar-refractivity contribution in [2.24, 2.45) is 5.73 Å². The third kappa shape index (κ3) is 5.94. The van der Waals surface area contributed by atoms with E-state index in [4.69, 9.17) is 5.73 Å². The summed E-state index contributed by atoms with van der Waals surface area (Å²) in [5.41, 5.74) is 6.21. The van der Waals surface area contributed by atoms with Gasteiger partial charge in [-0.3, -0.25) is 4.79 Å². The smallest absolute Gasteiger partial charge is 0.387 e. The molecule has 0 saturated carbocycles. The van der Waals surface area contributed by atoms with Crippen molar-refractivity contribution in [3.05, 3.63) is 60.2 Å². The summed E-state index contributed by atoms with van der Waals surface area (Å²) in [6.45, 7) is -2.95. The second-order valence-corrected chi connectivity index (χ2v) is 4.81. The average Bonchev–Trinajstić information content (AvgIpc) is 2.53. The van der Waals surface area contributed by atoms with Crippen LogP contribution in [0.15, 0.2) is 54.6 Å². The standard InChI is InChI=1S/C17H15F2N3O3/c18-16(19)25-14-7-2-1-4-11(14)8-9-15(23)21-12-5-3-6-13(10-12)22-17(20)24/h1-10,16H,(H,21,23)(H3,20,22,24)/b9-8+. The number of benzene rings is 2. The highest BCUT2D eigenvalue weighted by Gasteiger charge is 2.07. The Labute approximate surface area is 142 Å². The highest BCUT2D eigenvalue weighted by molar-refractivity contribution is 6.02. The minimum absolute atomic E-state index is 0.0331. The number of carbonyl (C=O) groups is 2. The molecule has 0 spiro atoms. The fourth-order valence-corrected chi connectivity index (χ4v) is 1.99. The van der Waals surface area contributed by atoms with Gasteiger partial charge in [0.05, 0.1) is 0 Å². The molecule has 0 aromatic heterocycles. The minimum Gasteiger partial charge on any atom is -0.434 e. The zero-order valence-electron chi connectivity index (χ0n) is 12.9. The lowest BCUT2D eigenvalue weighted by Crippen LogP contribution is -2.19. The number of hydrogen-bond donors (Lipinski definition) is 3.